The van der Waals surface area contributed by atoms with E-state index in [1.807, 2.05) is 0 Å². The highest BCUT2D eigenvalue weighted by molar-refractivity contribution is 6.42. The van der Waals surface area contributed by atoms with E-state index >= 15 is 0 Å². The van der Waals surface area contributed by atoms with Crippen molar-refractivity contribution in [1.82, 2.24) is 0 Å². The average Bonchev–Trinajstić information content (AvgIpc) is 2.41. The molecule has 0 atom stereocenters. The van der Waals surface area contributed by atoms with Gasteiger partial charge in [-0.1, -0.05) is 35.3 Å². The summed E-state index contributed by atoms with van der Waals surface area (Å²) in [5, 5.41) is 2.92. The van der Waals surface area contributed by atoms with Gasteiger partial charge in [-0.3, -0.25) is 4.79 Å². The van der Waals surface area contributed by atoms with Gasteiger partial charge in [0.25, 0.3) is 5.91 Å². The van der Waals surface area contributed by atoms with Crippen LogP contribution < -0.4 is 10.1 Å². The molecule has 0 saturated carbocycles. The standard InChI is InChI=1S/C14H8Cl2F3NO2/c15-10-6-5-8(7-11(10)16)20-13(21)9-3-1-2-4-12(9)22-14(17,18)19/h1-7H,(H,20,21). The molecule has 0 spiro atoms. The minimum Gasteiger partial charge on any atom is -0.405 e. The van der Waals surface area contributed by atoms with Gasteiger partial charge in [0.05, 0.1) is 15.6 Å². The molecule has 0 aliphatic rings. The fraction of sp³-hybridized carbons (Fsp3) is 0.0714. The Balaban J connectivity index is 2.24. The van der Waals surface area contributed by atoms with Crippen molar-refractivity contribution in [3.63, 3.8) is 0 Å². The zero-order valence-corrected chi connectivity index (χ0v) is 12.3. The van der Waals surface area contributed by atoms with Crippen molar-refractivity contribution < 1.29 is 22.7 Å². The summed E-state index contributed by atoms with van der Waals surface area (Å²) in [7, 11) is 0. The summed E-state index contributed by atoms with van der Waals surface area (Å²) in [6, 6.07) is 9.33. The van der Waals surface area contributed by atoms with Crippen molar-refractivity contribution in [1.29, 1.82) is 0 Å². The number of amides is 1. The van der Waals surface area contributed by atoms with E-state index in [-0.39, 0.29) is 10.6 Å². The molecule has 1 N–H and O–H groups in total. The monoisotopic (exact) mass is 349 g/mol. The topological polar surface area (TPSA) is 38.3 Å². The molecule has 0 heterocycles. The van der Waals surface area contributed by atoms with Crippen molar-refractivity contribution in [2.45, 2.75) is 6.36 Å². The van der Waals surface area contributed by atoms with Crippen LogP contribution in [0.15, 0.2) is 42.5 Å². The number of hydrogen-bond acceptors (Lipinski definition) is 2. The van der Waals surface area contributed by atoms with Crippen LogP contribution in [-0.4, -0.2) is 12.3 Å². The van der Waals surface area contributed by atoms with Crippen LogP contribution in [0.4, 0.5) is 18.9 Å². The molecule has 0 bridgehead atoms. The summed E-state index contributed by atoms with van der Waals surface area (Å²) < 4.78 is 40.8. The molecule has 22 heavy (non-hydrogen) atoms. The molecule has 116 valence electrons. The maximum atomic E-state index is 12.3. The maximum absolute atomic E-state index is 12.3. The van der Waals surface area contributed by atoms with Crippen LogP contribution >= 0.6 is 23.2 Å². The average molecular weight is 350 g/mol. The number of halogens is 5. The van der Waals surface area contributed by atoms with Crippen LogP contribution in [0.1, 0.15) is 10.4 Å². The van der Waals surface area contributed by atoms with Gasteiger partial charge in [-0.05, 0) is 30.3 Å². The van der Waals surface area contributed by atoms with Gasteiger partial charge in [-0.15, -0.1) is 13.2 Å². The summed E-state index contributed by atoms with van der Waals surface area (Å²) in [4.78, 5) is 12.1. The van der Waals surface area contributed by atoms with Gasteiger partial charge in [-0.2, -0.15) is 0 Å². The van der Waals surface area contributed by atoms with E-state index in [2.05, 4.69) is 10.1 Å². The Morgan fingerprint density at radius 1 is 1.05 bits per heavy atom. The molecular formula is C14H8Cl2F3NO2. The molecule has 2 aromatic rings. The third-order valence-electron chi connectivity index (χ3n) is 2.53. The molecule has 2 rings (SSSR count). The molecule has 0 aromatic heterocycles. The number of ether oxygens (including phenoxy) is 1. The van der Waals surface area contributed by atoms with Crippen molar-refractivity contribution in [2.24, 2.45) is 0 Å². The van der Waals surface area contributed by atoms with Gasteiger partial charge in [0, 0.05) is 5.69 Å². The van der Waals surface area contributed by atoms with E-state index in [0.29, 0.717) is 10.7 Å². The molecule has 0 fully saturated rings. The molecule has 0 aliphatic carbocycles. The lowest BCUT2D eigenvalue weighted by molar-refractivity contribution is -0.274. The molecule has 0 radical (unpaired) electrons. The number of alkyl halides is 3. The third-order valence-corrected chi connectivity index (χ3v) is 3.27. The molecule has 0 saturated heterocycles. The van der Waals surface area contributed by atoms with Crippen LogP contribution in [0.2, 0.25) is 10.0 Å². The zero-order chi connectivity index (χ0) is 16.3. The number of hydrogen-bond donors (Lipinski definition) is 1. The second kappa shape index (κ2) is 6.46. The Morgan fingerprint density at radius 3 is 2.36 bits per heavy atom. The molecular weight excluding hydrogens is 342 g/mol. The summed E-state index contributed by atoms with van der Waals surface area (Å²) in [6.45, 7) is 0. The van der Waals surface area contributed by atoms with Gasteiger partial charge in [-0.25, -0.2) is 0 Å². The van der Waals surface area contributed by atoms with Gasteiger partial charge in [0.2, 0.25) is 0 Å². The van der Waals surface area contributed by atoms with Crippen molar-refractivity contribution in [3.8, 4) is 5.75 Å². The second-order valence-electron chi connectivity index (χ2n) is 4.13. The van der Waals surface area contributed by atoms with Crippen LogP contribution in [0.3, 0.4) is 0 Å². The van der Waals surface area contributed by atoms with Gasteiger partial charge < -0.3 is 10.1 Å². The number of rotatable bonds is 3. The minimum absolute atomic E-state index is 0.208. The molecule has 1 amide bonds. The third kappa shape index (κ3) is 4.29. The lowest BCUT2D eigenvalue weighted by Crippen LogP contribution is -2.20. The summed E-state index contributed by atoms with van der Waals surface area (Å²) >= 11 is 11.5. The SMILES string of the molecule is O=C(Nc1ccc(Cl)c(Cl)c1)c1ccccc1OC(F)(F)F. The largest absolute Gasteiger partial charge is 0.573 e. The smallest absolute Gasteiger partial charge is 0.405 e. The van der Waals surface area contributed by atoms with E-state index in [4.69, 9.17) is 23.2 Å². The lowest BCUT2D eigenvalue weighted by Gasteiger charge is -2.13. The predicted octanol–water partition coefficient (Wildman–Crippen LogP) is 5.14. The van der Waals surface area contributed by atoms with Crippen molar-refractivity contribution in [2.75, 3.05) is 5.32 Å². The van der Waals surface area contributed by atoms with E-state index in [9.17, 15) is 18.0 Å². The Hall–Kier alpha value is -1.92. The minimum atomic E-state index is -4.89. The van der Waals surface area contributed by atoms with Crippen molar-refractivity contribution >= 4 is 34.8 Å². The first-order valence-electron chi connectivity index (χ1n) is 5.87. The van der Waals surface area contributed by atoms with E-state index in [1.165, 1.54) is 36.4 Å². The molecule has 8 heteroatoms. The number of para-hydroxylation sites is 1. The van der Waals surface area contributed by atoms with Crippen LogP contribution in [0.5, 0.6) is 5.75 Å². The van der Waals surface area contributed by atoms with E-state index in [1.54, 1.807) is 0 Å². The first-order chi connectivity index (χ1) is 10.3. The first kappa shape index (κ1) is 16.5. The summed E-state index contributed by atoms with van der Waals surface area (Å²) in [6.07, 6.45) is -4.89. The normalized spacial score (nSPS) is 11.1. The Morgan fingerprint density at radius 2 is 1.73 bits per heavy atom. The fourth-order valence-electron chi connectivity index (χ4n) is 1.64. The predicted molar refractivity (Wildman–Crippen MR) is 77.5 cm³/mol. The Kier molecular flexibility index (Phi) is 4.83. The fourth-order valence-corrected chi connectivity index (χ4v) is 1.94. The maximum Gasteiger partial charge on any atom is 0.573 e. The number of anilines is 1. The molecule has 2 aromatic carbocycles. The van der Waals surface area contributed by atoms with Gasteiger partial charge >= 0.3 is 6.36 Å². The second-order valence-corrected chi connectivity index (χ2v) is 4.94. The molecule has 3 nitrogen and oxygen atoms in total. The molecule has 0 aliphatic heterocycles. The van der Waals surface area contributed by atoms with Crippen LogP contribution in [0, 0.1) is 0 Å². The highest BCUT2D eigenvalue weighted by atomic mass is 35.5. The highest BCUT2D eigenvalue weighted by Gasteiger charge is 2.32. The van der Waals surface area contributed by atoms with E-state index < -0.39 is 18.0 Å². The number of carbonyl (C=O) groups excluding carboxylic acids is 1. The zero-order valence-electron chi connectivity index (χ0n) is 10.7. The lowest BCUT2D eigenvalue weighted by atomic mass is 10.2. The summed E-state index contributed by atoms with van der Waals surface area (Å²) in [5.41, 5.74) is 0.0344. The summed E-state index contributed by atoms with van der Waals surface area (Å²) in [5.74, 6) is -1.36. The quantitative estimate of drug-likeness (QED) is 0.832. The van der Waals surface area contributed by atoms with Crippen LogP contribution in [-0.2, 0) is 0 Å². The van der Waals surface area contributed by atoms with Crippen molar-refractivity contribution in [3.05, 3.63) is 58.1 Å². The Labute approximate surface area is 133 Å². The van der Waals surface area contributed by atoms with E-state index in [0.717, 1.165) is 6.07 Å². The first-order valence-corrected chi connectivity index (χ1v) is 6.63. The van der Waals surface area contributed by atoms with Gasteiger partial charge in [0.15, 0.2) is 0 Å². The van der Waals surface area contributed by atoms with Crippen LogP contribution in [0.25, 0.3) is 0 Å². The Bertz CT molecular complexity index is 705. The molecule has 0 unspecified atom stereocenters. The number of nitrogens with one attached hydrogen (secondary N) is 1. The highest BCUT2D eigenvalue weighted by Crippen LogP contribution is 2.28. The van der Waals surface area contributed by atoms with Gasteiger partial charge in [0.1, 0.15) is 5.75 Å². The number of benzene rings is 2. The number of carbonyl (C=O) groups is 1.